The van der Waals surface area contributed by atoms with E-state index in [0.717, 1.165) is 12.1 Å². The Labute approximate surface area is 148 Å². The molecule has 1 N–H and O–H groups in total. The smallest absolute Gasteiger partial charge is 0.365 e. The van der Waals surface area contributed by atoms with Crippen LogP contribution in [0, 0.1) is 0 Å². The molecule has 0 aliphatic carbocycles. The van der Waals surface area contributed by atoms with Crippen LogP contribution in [0.3, 0.4) is 0 Å². The molecule has 0 bridgehead atoms. The van der Waals surface area contributed by atoms with E-state index < -0.39 is 11.7 Å². The predicted molar refractivity (Wildman–Crippen MR) is 88.9 cm³/mol. The largest absolute Gasteiger partial charge is 0.416 e. The lowest BCUT2D eigenvalue weighted by molar-refractivity contribution is -0.137. The second-order valence-electron chi connectivity index (χ2n) is 6.24. The van der Waals surface area contributed by atoms with E-state index in [9.17, 15) is 27.6 Å². The molecule has 0 aromatic heterocycles. The summed E-state index contributed by atoms with van der Waals surface area (Å²) in [5.74, 6) is -0.402. The molecule has 2 amide bonds. The van der Waals surface area contributed by atoms with Crippen LogP contribution in [-0.4, -0.2) is 55.7 Å². The van der Waals surface area contributed by atoms with Gasteiger partial charge in [-0.2, -0.15) is 13.2 Å². The van der Waals surface area contributed by atoms with Gasteiger partial charge in [0, 0.05) is 43.9 Å². The first-order valence-corrected chi connectivity index (χ1v) is 8.07. The summed E-state index contributed by atoms with van der Waals surface area (Å²) < 4.78 is 38.3. The fourth-order valence-corrected chi connectivity index (χ4v) is 2.91. The first-order chi connectivity index (χ1) is 12.1. The number of carbonyl (C=O) groups is 3. The highest BCUT2D eigenvalue weighted by Gasteiger charge is 2.31. The van der Waals surface area contributed by atoms with Crippen molar-refractivity contribution in [3.05, 3.63) is 29.3 Å². The molecule has 1 aromatic rings. The summed E-state index contributed by atoms with van der Waals surface area (Å²) in [5, 5.41) is 2.68. The minimum absolute atomic E-state index is 0.120. The van der Waals surface area contributed by atoms with Gasteiger partial charge in [-0.3, -0.25) is 14.4 Å². The molecule has 1 aliphatic heterocycles. The number of anilines is 1. The number of nitrogens with one attached hydrogen (secondary N) is 1. The van der Waals surface area contributed by atoms with E-state index in [0.29, 0.717) is 19.4 Å². The number of benzene rings is 1. The first-order valence-electron chi connectivity index (χ1n) is 8.07. The second kappa shape index (κ2) is 7.76. The van der Waals surface area contributed by atoms with Crippen LogP contribution < -0.4 is 10.2 Å². The van der Waals surface area contributed by atoms with E-state index in [4.69, 9.17) is 0 Å². The Balaban J connectivity index is 2.16. The van der Waals surface area contributed by atoms with Crippen molar-refractivity contribution in [3.63, 3.8) is 0 Å². The van der Waals surface area contributed by atoms with E-state index in [1.54, 1.807) is 11.8 Å². The second-order valence-corrected chi connectivity index (χ2v) is 6.24. The quantitative estimate of drug-likeness (QED) is 0.818. The highest BCUT2D eigenvalue weighted by atomic mass is 19.4. The molecule has 6 nitrogen and oxygen atoms in total. The third-order valence-electron chi connectivity index (χ3n) is 4.27. The average molecular weight is 371 g/mol. The van der Waals surface area contributed by atoms with Crippen molar-refractivity contribution in [2.75, 3.05) is 31.6 Å². The van der Waals surface area contributed by atoms with E-state index in [-0.39, 0.29) is 42.1 Å². The molecule has 142 valence electrons. The van der Waals surface area contributed by atoms with Crippen molar-refractivity contribution in [3.8, 4) is 0 Å². The topological polar surface area (TPSA) is 69.7 Å². The molecule has 1 aliphatic rings. The lowest BCUT2D eigenvalue weighted by Crippen LogP contribution is -2.44. The van der Waals surface area contributed by atoms with Crippen LogP contribution >= 0.6 is 0 Å². The molecule has 1 saturated heterocycles. The van der Waals surface area contributed by atoms with Crippen LogP contribution in [0.25, 0.3) is 0 Å². The maximum Gasteiger partial charge on any atom is 0.416 e. The van der Waals surface area contributed by atoms with Crippen LogP contribution in [0.15, 0.2) is 18.2 Å². The molecular weight excluding hydrogens is 351 g/mol. The molecule has 0 radical (unpaired) electrons. The van der Waals surface area contributed by atoms with Crippen LogP contribution in [0.4, 0.5) is 18.9 Å². The molecule has 26 heavy (non-hydrogen) atoms. The van der Waals surface area contributed by atoms with Gasteiger partial charge in [0.05, 0.1) is 12.1 Å². The third kappa shape index (κ3) is 4.53. The maximum atomic E-state index is 12.8. The van der Waals surface area contributed by atoms with Crippen LogP contribution in [0.1, 0.15) is 29.3 Å². The number of carbonyl (C=O) groups excluding carboxylic acids is 3. The van der Waals surface area contributed by atoms with Crippen molar-refractivity contribution >= 4 is 23.8 Å². The van der Waals surface area contributed by atoms with Gasteiger partial charge in [-0.1, -0.05) is 0 Å². The van der Waals surface area contributed by atoms with Gasteiger partial charge in [0.15, 0.2) is 6.29 Å². The third-order valence-corrected chi connectivity index (χ3v) is 4.27. The number of nitrogens with zero attached hydrogens (tertiary/aromatic N) is 2. The van der Waals surface area contributed by atoms with Crippen LogP contribution in [0.5, 0.6) is 0 Å². The fraction of sp³-hybridized carbons (Fsp3) is 0.471. The molecule has 1 unspecified atom stereocenters. The van der Waals surface area contributed by atoms with Gasteiger partial charge in [-0.15, -0.1) is 0 Å². The minimum Gasteiger partial charge on any atom is -0.365 e. The molecular formula is C17H20F3N3O3. The maximum absolute atomic E-state index is 12.8. The Kier molecular flexibility index (Phi) is 5.89. The van der Waals surface area contributed by atoms with E-state index in [2.05, 4.69) is 5.32 Å². The van der Waals surface area contributed by atoms with Gasteiger partial charge in [-0.05, 0) is 25.1 Å². The van der Waals surface area contributed by atoms with E-state index in [1.165, 1.54) is 18.0 Å². The van der Waals surface area contributed by atoms with Crippen molar-refractivity contribution in [2.45, 2.75) is 25.6 Å². The zero-order chi connectivity index (χ0) is 19.5. The van der Waals surface area contributed by atoms with Gasteiger partial charge >= 0.3 is 6.18 Å². The monoisotopic (exact) mass is 371 g/mol. The molecule has 1 atom stereocenters. The minimum atomic E-state index is -4.55. The number of aldehydes is 1. The van der Waals surface area contributed by atoms with E-state index >= 15 is 0 Å². The Bertz CT molecular complexity index is 706. The van der Waals surface area contributed by atoms with Gasteiger partial charge < -0.3 is 15.1 Å². The summed E-state index contributed by atoms with van der Waals surface area (Å²) in [6, 6.07) is 2.54. The number of hydrogen-bond acceptors (Lipinski definition) is 4. The highest BCUT2D eigenvalue weighted by molar-refractivity contribution is 5.88. The number of alkyl halides is 3. The van der Waals surface area contributed by atoms with Crippen LogP contribution in [-0.2, 0) is 15.8 Å². The standard InChI is InChI=1S/C17H20F3N3O3/c1-11-7-15(25)21-5-6-23(11)16(26)9-22(2)14-4-3-13(17(18,19)20)8-12(14)10-24/h3-4,8,10-11H,5-7,9H2,1-2H3,(H,21,25). The highest BCUT2D eigenvalue weighted by Crippen LogP contribution is 2.32. The van der Waals surface area contributed by atoms with Crippen molar-refractivity contribution in [2.24, 2.45) is 0 Å². The molecule has 9 heteroatoms. The SMILES string of the molecule is CC1CC(=O)NCCN1C(=O)CN(C)c1ccc(C(F)(F)F)cc1C=O. The van der Waals surface area contributed by atoms with Crippen LogP contribution in [0.2, 0.25) is 0 Å². The molecule has 1 fully saturated rings. The predicted octanol–water partition coefficient (Wildman–Crippen LogP) is 1.69. The fourth-order valence-electron chi connectivity index (χ4n) is 2.91. The summed E-state index contributed by atoms with van der Waals surface area (Å²) in [6.07, 6.45) is -4.02. The number of rotatable bonds is 4. The van der Waals surface area contributed by atoms with Crippen molar-refractivity contribution in [1.29, 1.82) is 0 Å². The summed E-state index contributed by atoms with van der Waals surface area (Å²) >= 11 is 0. The van der Waals surface area contributed by atoms with Crippen molar-refractivity contribution < 1.29 is 27.6 Å². The molecule has 0 saturated carbocycles. The Morgan fingerprint density at radius 2 is 2.12 bits per heavy atom. The zero-order valence-electron chi connectivity index (χ0n) is 14.5. The Morgan fingerprint density at radius 3 is 2.73 bits per heavy atom. The van der Waals surface area contributed by atoms with Gasteiger partial charge in [0.25, 0.3) is 0 Å². The van der Waals surface area contributed by atoms with Crippen molar-refractivity contribution in [1.82, 2.24) is 10.2 Å². The molecule has 0 spiro atoms. The van der Waals surface area contributed by atoms with E-state index in [1.807, 2.05) is 0 Å². The number of amides is 2. The number of hydrogen-bond donors (Lipinski definition) is 1. The normalized spacial score (nSPS) is 18.1. The first kappa shape index (κ1) is 19.7. The summed E-state index contributed by atoms with van der Waals surface area (Å²) in [4.78, 5) is 38.2. The molecule has 1 heterocycles. The summed E-state index contributed by atoms with van der Waals surface area (Å²) in [7, 11) is 1.53. The number of likely N-dealkylation sites (N-methyl/N-ethyl adjacent to an activating group) is 1. The average Bonchev–Trinajstić information content (AvgIpc) is 2.73. The lowest BCUT2D eigenvalue weighted by atomic mass is 10.1. The summed E-state index contributed by atoms with van der Waals surface area (Å²) in [6.45, 7) is 2.34. The van der Waals surface area contributed by atoms with Gasteiger partial charge in [0.2, 0.25) is 11.8 Å². The Morgan fingerprint density at radius 1 is 1.42 bits per heavy atom. The zero-order valence-corrected chi connectivity index (χ0v) is 14.5. The lowest BCUT2D eigenvalue weighted by Gasteiger charge is -2.29. The van der Waals surface area contributed by atoms with Gasteiger partial charge in [0.1, 0.15) is 0 Å². The van der Waals surface area contributed by atoms with Gasteiger partial charge in [-0.25, -0.2) is 0 Å². The molecule has 2 rings (SSSR count). The number of halogens is 3. The summed E-state index contributed by atoms with van der Waals surface area (Å²) in [5.41, 5.74) is -0.831. The molecule has 1 aromatic carbocycles. The Hall–Kier alpha value is -2.58.